The maximum atomic E-state index is 15.3. The average molecular weight is 1210 g/mol. The third kappa shape index (κ3) is 9.71. The minimum Gasteiger partial charge on any atom is -0.416 e. The number of rotatable bonds is 12. The summed E-state index contributed by atoms with van der Waals surface area (Å²) in [6.45, 7) is 0. The third-order valence-electron chi connectivity index (χ3n) is 11.2. The third-order valence-corrected chi connectivity index (χ3v) is 21.6. The van der Waals surface area contributed by atoms with Crippen molar-refractivity contribution in [2.24, 2.45) is 29.4 Å². The number of benzene rings is 6. The summed E-state index contributed by atoms with van der Waals surface area (Å²) in [6, 6.07) is 11.0. The van der Waals surface area contributed by atoms with Crippen LogP contribution < -0.4 is 13.9 Å². The van der Waals surface area contributed by atoms with Crippen LogP contribution in [0.1, 0.15) is 22.3 Å². The molecular weight excluding hydrogens is 1190 g/mol. The summed E-state index contributed by atoms with van der Waals surface area (Å²) < 4.78 is 320. The summed E-state index contributed by atoms with van der Waals surface area (Å²) in [5, 5.41) is 15.2. The van der Waals surface area contributed by atoms with Crippen LogP contribution >= 0.6 is 23.0 Å². The van der Waals surface area contributed by atoms with Crippen LogP contribution in [0.3, 0.4) is 0 Å². The van der Waals surface area contributed by atoms with Crippen molar-refractivity contribution in [2.45, 2.75) is 0 Å². The van der Waals surface area contributed by atoms with E-state index in [2.05, 4.69) is 34.3 Å². The molecule has 1 N–H and O–H groups in total. The van der Waals surface area contributed by atoms with Crippen molar-refractivity contribution in [1.82, 2.24) is 24.0 Å². The number of fused-ring (bicyclic) bond motifs is 3. The molecule has 0 radical (unpaired) electrons. The van der Waals surface area contributed by atoms with E-state index in [1.807, 2.05) is 0 Å². The molecule has 8 rings (SSSR count). The zero-order valence-electron chi connectivity index (χ0n) is 39.6. The normalized spacial score (nSPS) is 15.2. The van der Waals surface area contributed by atoms with Crippen molar-refractivity contribution in [1.29, 1.82) is 0 Å². The van der Waals surface area contributed by atoms with Crippen molar-refractivity contribution in [2.75, 3.05) is 28.2 Å². The molecule has 0 aliphatic carbocycles. The van der Waals surface area contributed by atoms with Crippen molar-refractivity contribution < 1.29 is 96.9 Å². The molecule has 2 aliphatic rings. The first kappa shape index (κ1) is 58.4. The van der Waals surface area contributed by atoms with Gasteiger partial charge in [-0.05, 0) is 16.6 Å². The lowest BCUT2D eigenvalue weighted by Crippen LogP contribution is -2.36. The van der Waals surface area contributed by atoms with Gasteiger partial charge in [-0.1, -0.05) is 36.4 Å². The Morgan fingerprint density at radius 3 is 0.912 bits per heavy atom. The predicted octanol–water partition coefficient (Wildman–Crippen LogP) is 13.9. The van der Waals surface area contributed by atoms with Gasteiger partial charge in [0, 0.05) is 29.7 Å². The van der Waals surface area contributed by atoms with Gasteiger partial charge in [-0.15, -0.1) is 24.6 Å². The molecule has 0 saturated heterocycles. The number of nitrogens with one attached hydrogen (secondary N) is 1. The Kier molecular flexibility index (Phi) is 15.9. The van der Waals surface area contributed by atoms with Crippen LogP contribution in [0.25, 0.3) is 11.1 Å². The quantitative estimate of drug-likeness (QED) is 0.0324. The highest BCUT2D eigenvalue weighted by atomic mass is 31.3. The second-order valence-corrected chi connectivity index (χ2v) is 24.1. The second-order valence-electron chi connectivity index (χ2n) is 15.9. The minimum absolute atomic E-state index is 0.0523. The summed E-state index contributed by atoms with van der Waals surface area (Å²) in [5.74, 6) is -51.7. The number of halogens is 20. The van der Waals surface area contributed by atoms with Crippen LogP contribution in [0.15, 0.2) is 78.0 Å². The Hall–Kier alpha value is -7.75. The molecule has 6 aromatic rings. The first-order chi connectivity index (χ1) is 37.6. The molecule has 80 heavy (non-hydrogen) atoms. The summed E-state index contributed by atoms with van der Waals surface area (Å²) in [4.78, 5) is 2.72. The molecule has 0 aromatic heterocycles. The zero-order valence-corrected chi connectivity index (χ0v) is 42.3. The summed E-state index contributed by atoms with van der Waals surface area (Å²) in [5.41, 5.74) is -7.00. The molecule has 0 atom stereocenters. The number of hydrogen-bond donors (Lipinski definition) is 1. The molecule has 2 heterocycles. The fourth-order valence-electron chi connectivity index (χ4n) is 7.09. The van der Waals surface area contributed by atoms with Crippen molar-refractivity contribution in [3.05, 3.63) is 187 Å². The van der Waals surface area contributed by atoms with Crippen molar-refractivity contribution in [3.8, 4) is 22.6 Å². The largest absolute Gasteiger partial charge is 0.491 e. The molecular formula is C44H25F20N11O2P3+. The maximum absolute atomic E-state index is 15.3. The molecule has 0 fully saturated rings. The number of hydrogen-bond acceptors (Lipinski definition) is 13. The molecule has 13 nitrogen and oxygen atoms in total. The molecule has 0 saturated carbocycles. The molecule has 2 aliphatic heterocycles. The van der Waals surface area contributed by atoms with Gasteiger partial charge in [-0.25, -0.2) is 97.4 Å². The molecule has 36 heteroatoms. The molecule has 0 amide bonds. The van der Waals surface area contributed by atoms with Gasteiger partial charge in [0.15, 0.2) is 93.1 Å². The van der Waals surface area contributed by atoms with Crippen LogP contribution in [0.4, 0.5) is 87.8 Å². The van der Waals surface area contributed by atoms with E-state index >= 15 is 35.1 Å². The van der Waals surface area contributed by atoms with Gasteiger partial charge < -0.3 is 9.05 Å². The highest BCUT2D eigenvalue weighted by Crippen LogP contribution is 2.84. The van der Waals surface area contributed by atoms with Gasteiger partial charge in [0.1, 0.15) is 11.5 Å². The van der Waals surface area contributed by atoms with Gasteiger partial charge in [0.05, 0.1) is 61.2 Å². The molecule has 6 aromatic carbocycles. The smallest absolute Gasteiger partial charge is 0.416 e. The topological polar surface area (TPSA) is 118 Å². The number of nitrogens with zero attached hydrogens (tertiary/aromatic N) is 10. The highest BCUT2D eigenvalue weighted by Gasteiger charge is 2.64. The van der Waals surface area contributed by atoms with E-state index in [4.69, 9.17) is 9.05 Å². The summed E-state index contributed by atoms with van der Waals surface area (Å²) in [6.07, 6.45) is -0.229. The first-order valence-corrected chi connectivity index (χ1v) is 26.1. The lowest BCUT2D eigenvalue weighted by molar-refractivity contribution is 0.377. The van der Waals surface area contributed by atoms with Crippen molar-refractivity contribution in [3.63, 3.8) is 0 Å². The Morgan fingerprint density at radius 1 is 0.375 bits per heavy atom. The SMILES string of the molecule is CN(/N=C/c1c(F)c(F)c(F)c(F)c1F)P1(N(C)/N=C/c2c(F)c(F)c(F)c(F)c2F)=N[P+](N(C)/N=C/c2c(F)c(F)c(F)c(F)c2F)(N(C)/N=C/c2c(F)c(F)c(F)c(F)c2F)N=P2(N1)Oc1ccccc1-c1ccccc1O2. The second kappa shape index (κ2) is 21.7. The zero-order chi connectivity index (χ0) is 58.8. The van der Waals surface area contributed by atoms with Gasteiger partial charge >= 0.3 is 23.0 Å². The Balaban J connectivity index is 1.53. The van der Waals surface area contributed by atoms with Gasteiger partial charge in [-0.3, -0.25) is 0 Å². The van der Waals surface area contributed by atoms with E-state index in [9.17, 15) is 52.7 Å². The van der Waals surface area contributed by atoms with E-state index in [0.717, 1.165) is 0 Å². The lowest BCUT2D eigenvalue weighted by atomic mass is 10.0. The molecule has 0 bridgehead atoms. The van der Waals surface area contributed by atoms with E-state index < -0.39 is 162 Å². The summed E-state index contributed by atoms with van der Waals surface area (Å²) >= 11 is 0. The van der Waals surface area contributed by atoms with E-state index in [1.165, 1.54) is 48.5 Å². The fraction of sp³-hybridized carbons (Fsp3) is 0.0909. The average Bonchev–Trinajstić information content (AvgIpc) is 3.77. The van der Waals surface area contributed by atoms with Gasteiger partial charge in [-0.2, -0.15) is 10.2 Å². The van der Waals surface area contributed by atoms with Crippen LogP contribution in [0.5, 0.6) is 11.5 Å². The number of para-hydroxylation sites is 2. The van der Waals surface area contributed by atoms with Gasteiger partial charge in [0.25, 0.3) is 0 Å². The van der Waals surface area contributed by atoms with Gasteiger partial charge in [0.2, 0.25) is 23.3 Å². The highest BCUT2D eigenvalue weighted by molar-refractivity contribution is 7.86. The predicted molar refractivity (Wildman–Crippen MR) is 248 cm³/mol. The van der Waals surface area contributed by atoms with Crippen LogP contribution in [-0.2, 0) is 0 Å². The van der Waals surface area contributed by atoms with E-state index in [-0.39, 0.29) is 47.5 Å². The fourth-order valence-corrected chi connectivity index (χ4v) is 19.4. The Bertz CT molecular complexity index is 3490. The Labute approximate surface area is 435 Å². The lowest BCUT2D eigenvalue weighted by Gasteiger charge is -2.42. The number of hydrazone groups is 4. The first-order valence-electron chi connectivity index (χ1n) is 21.3. The maximum Gasteiger partial charge on any atom is 0.491 e. The van der Waals surface area contributed by atoms with Crippen LogP contribution in [-0.4, -0.2) is 72.2 Å². The van der Waals surface area contributed by atoms with E-state index in [1.54, 1.807) is 0 Å². The molecule has 1 spiro atoms. The van der Waals surface area contributed by atoms with Crippen LogP contribution in [0, 0.1) is 116 Å². The molecule has 422 valence electrons. The molecule has 0 unspecified atom stereocenters. The van der Waals surface area contributed by atoms with E-state index in [0.29, 0.717) is 47.3 Å². The minimum atomic E-state index is -5.43. The Morgan fingerprint density at radius 2 is 0.625 bits per heavy atom. The standard InChI is InChI=1S/C44H25F20N11O2P3/c1-72(65-13-19-25(45)33(53)41(61)34(54)26(19)46)78(73(2)66-14-20-27(47)35(55)42(62)36(56)28(20)48)69-79(74(3)67-15-21-29(49)37(57)43(63)38(58)30(21)50,75(4)68-16-22-31(51)39(59)44(64)40(60)32(22)52)71-80(70-78)76-23-11-7-5-9-17(23)18-10-6-8-12-24(18)77-80/h5-16,70H,1-4H3/q+1/b65-13+,66-14+,67-15+,68-16+. The summed E-state index contributed by atoms with van der Waals surface area (Å²) in [7, 11) is -13.1. The van der Waals surface area contributed by atoms with Crippen LogP contribution in [0.2, 0.25) is 0 Å². The van der Waals surface area contributed by atoms with Crippen molar-refractivity contribution >= 4 is 47.9 Å². The monoisotopic (exact) mass is 1210 g/mol.